The monoisotopic (exact) mass is 334 g/mol. The van der Waals surface area contributed by atoms with Crippen LogP contribution in [0.5, 0.6) is 0 Å². The van der Waals surface area contributed by atoms with E-state index in [0.29, 0.717) is 0 Å². The second-order valence-electron chi connectivity index (χ2n) is 4.84. The third-order valence-corrected chi connectivity index (χ3v) is 2.85. The SMILES string of the molecule is O=S(O)(O)=S.[CH2-]CCCCCCCCCCCCC.[Na+]. The van der Waals surface area contributed by atoms with Crippen LogP contribution in [-0.4, -0.2) is 13.3 Å². The van der Waals surface area contributed by atoms with Gasteiger partial charge in [0.25, 0.3) is 9.05 Å². The van der Waals surface area contributed by atoms with Crippen LogP contribution in [0.25, 0.3) is 0 Å². The smallest absolute Gasteiger partial charge is 0.343 e. The summed E-state index contributed by atoms with van der Waals surface area (Å²) in [5, 5.41) is 0. The van der Waals surface area contributed by atoms with Gasteiger partial charge in [0.05, 0.1) is 0 Å². The van der Waals surface area contributed by atoms with Crippen LogP contribution in [0.3, 0.4) is 0 Å². The van der Waals surface area contributed by atoms with E-state index in [1.54, 1.807) is 0 Å². The summed E-state index contributed by atoms with van der Waals surface area (Å²) in [6, 6.07) is 0. The molecule has 3 nitrogen and oxygen atoms in total. The zero-order valence-electron chi connectivity index (χ0n) is 13.3. The van der Waals surface area contributed by atoms with Gasteiger partial charge in [-0.25, -0.2) is 0 Å². The van der Waals surface area contributed by atoms with Crippen molar-refractivity contribution in [2.45, 2.75) is 84.0 Å². The Morgan fingerprint density at radius 3 is 1.35 bits per heavy atom. The van der Waals surface area contributed by atoms with Gasteiger partial charge >= 0.3 is 29.6 Å². The summed E-state index contributed by atoms with van der Waals surface area (Å²) in [5.41, 5.74) is 0. The first-order valence-corrected chi connectivity index (χ1v) is 9.80. The first-order valence-electron chi connectivity index (χ1n) is 7.41. The number of unbranched alkanes of at least 4 members (excludes halogenated alkanes) is 11. The summed E-state index contributed by atoms with van der Waals surface area (Å²) in [6.45, 7) is 6.14. The Hall–Kier alpha value is 1.29. The number of hydrogen-bond acceptors (Lipinski definition) is 2. The largest absolute Gasteiger partial charge is 1.00 e. The van der Waals surface area contributed by atoms with Gasteiger partial charge in [-0.1, -0.05) is 77.6 Å². The summed E-state index contributed by atoms with van der Waals surface area (Å²) >= 11 is 3.47. The van der Waals surface area contributed by atoms with E-state index in [9.17, 15) is 0 Å². The molecule has 0 unspecified atom stereocenters. The van der Waals surface area contributed by atoms with Crippen LogP contribution in [0.2, 0.25) is 0 Å². The van der Waals surface area contributed by atoms with Gasteiger partial charge in [0, 0.05) is 11.2 Å². The van der Waals surface area contributed by atoms with Crippen LogP contribution in [0, 0.1) is 6.92 Å². The van der Waals surface area contributed by atoms with E-state index in [0.717, 1.165) is 6.42 Å². The van der Waals surface area contributed by atoms with E-state index in [4.69, 9.17) is 13.3 Å². The van der Waals surface area contributed by atoms with Crippen molar-refractivity contribution in [1.82, 2.24) is 0 Å². The summed E-state index contributed by atoms with van der Waals surface area (Å²) in [7, 11) is -3.83. The molecule has 0 spiro atoms. The predicted molar refractivity (Wildman–Crippen MR) is 87.2 cm³/mol. The molecule has 0 rings (SSSR count). The van der Waals surface area contributed by atoms with Crippen molar-refractivity contribution >= 4 is 20.2 Å². The number of hydrogen-bond donors (Lipinski definition) is 2. The van der Waals surface area contributed by atoms with Crippen molar-refractivity contribution < 1.29 is 42.9 Å². The topological polar surface area (TPSA) is 57.5 Å². The van der Waals surface area contributed by atoms with E-state index in [1.807, 2.05) is 0 Å². The van der Waals surface area contributed by atoms with Gasteiger partial charge in [-0.05, 0) is 0 Å². The summed E-state index contributed by atoms with van der Waals surface area (Å²) in [6.07, 6.45) is 16.9. The fraction of sp³-hybridized carbons (Fsp3) is 0.929. The molecule has 0 atom stereocenters. The van der Waals surface area contributed by atoms with E-state index >= 15 is 0 Å². The second kappa shape index (κ2) is 20.3. The minimum absolute atomic E-state index is 0. The molecule has 0 aliphatic rings. The van der Waals surface area contributed by atoms with Crippen LogP contribution >= 0.6 is 0 Å². The standard InChI is InChI=1S/C14H29.Na.H2O3S2/c1-3-5-7-9-11-13-14-12-10-8-6-4-2;;1-5(2,3)4/h1,3-14H2,2H3;;(H2,1,2,3,4)/q-1;+1;. The molecule has 0 bridgehead atoms. The van der Waals surface area contributed by atoms with Crippen molar-refractivity contribution in [1.29, 1.82) is 0 Å². The first-order chi connectivity index (χ1) is 8.91. The Morgan fingerprint density at radius 2 is 1.10 bits per heavy atom. The molecular formula is C14H31NaO3S2. The molecule has 0 aromatic heterocycles. The van der Waals surface area contributed by atoms with Crippen LogP contribution in [0.1, 0.15) is 84.0 Å². The molecular weight excluding hydrogens is 303 g/mol. The zero-order valence-corrected chi connectivity index (χ0v) is 16.9. The fourth-order valence-corrected chi connectivity index (χ4v) is 1.84. The molecule has 0 saturated carbocycles. The molecule has 20 heavy (non-hydrogen) atoms. The van der Waals surface area contributed by atoms with Gasteiger partial charge in [0.1, 0.15) is 0 Å². The maximum Gasteiger partial charge on any atom is 1.00 e. The van der Waals surface area contributed by atoms with Gasteiger partial charge in [0.2, 0.25) is 0 Å². The molecule has 0 amide bonds. The van der Waals surface area contributed by atoms with Gasteiger partial charge in [0.15, 0.2) is 0 Å². The van der Waals surface area contributed by atoms with Crippen LogP contribution in [0.4, 0.5) is 0 Å². The summed E-state index contributed by atoms with van der Waals surface area (Å²) < 4.78 is 24.0. The maximum atomic E-state index is 9.11. The van der Waals surface area contributed by atoms with Gasteiger partial charge in [-0.3, -0.25) is 9.11 Å². The van der Waals surface area contributed by atoms with Crippen molar-refractivity contribution in [2.75, 3.05) is 0 Å². The van der Waals surface area contributed by atoms with E-state index in [-0.39, 0.29) is 29.6 Å². The van der Waals surface area contributed by atoms with Crippen LogP contribution in [0.15, 0.2) is 0 Å². The minimum atomic E-state index is -3.83. The average molecular weight is 335 g/mol. The van der Waals surface area contributed by atoms with Crippen molar-refractivity contribution in [3.05, 3.63) is 6.92 Å². The molecule has 6 heteroatoms. The molecule has 0 heterocycles. The summed E-state index contributed by atoms with van der Waals surface area (Å²) in [5.74, 6) is 0. The Kier molecular flexibility index (Phi) is 26.6. The van der Waals surface area contributed by atoms with E-state index in [2.05, 4.69) is 25.0 Å². The minimum Gasteiger partial charge on any atom is -0.343 e. The molecule has 0 aromatic carbocycles. The summed E-state index contributed by atoms with van der Waals surface area (Å²) in [4.78, 5) is 0. The fourth-order valence-electron chi connectivity index (χ4n) is 1.84. The van der Waals surface area contributed by atoms with Gasteiger partial charge in [-0.2, -0.15) is 10.6 Å². The molecule has 118 valence electrons. The van der Waals surface area contributed by atoms with E-state index < -0.39 is 9.05 Å². The number of rotatable bonds is 11. The molecule has 0 aromatic rings. The maximum absolute atomic E-state index is 9.11. The molecule has 0 radical (unpaired) electrons. The Bertz CT molecular complexity index is 237. The third-order valence-electron chi connectivity index (χ3n) is 2.85. The Labute approximate surface area is 153 Å². The van der Waals surface area contributed by atoms with Crippen molar-refractivity contribution in [3.63, 3.8) is 0 Å². The average Bonchev–Trinajstić information content (AvgIpc) is 2.29. The predicted octanol–water partition coefficient (Wildman–Crippen LogP) is 2.20. The molecule has 0 fully saturated rings. The molecule has 0 saturated heterocycles. The molecule has 0 aliphatic carbocycles. The molecule has 2 N–H and O–H groups in total. The Morgan fingerprint density at radius 1 is 0.850 bits per heavy atom. The Balaban J connectivity index is -0.000000414. The third kappa shape index (κ3) is 42.7. The van der Waals surface area contributed by atoms with Crippen LogP contribution < -0.4 is 29.6 Å². The van der Waals surface area contributed by atoms with Crippen LogP contribution in [-0.2, 0) is 20.2 Å². The zero-order chi connectivity index (χ0) is 15.0. The molecule has 0 aliphatic heterocycles. The first kappa shape index (κ1) is 26.2. The van der Waals surface area contributed by atoms with Crippen molar-refractivity contribution in [3.8, 4) is 0 Å². The second-order valence-corrected chi connectivity index (χ2v) is 7.04. The van der Waals surface area contributed by atoms with E-state index in [1.165, 1.54) is 70.6 Å². The normalized spacial score (nSPS) is 10.4. The quantitative estimate of drug-likeness (QED) is 0.345. The van der Waals surface area contributed by atoms with Gasteiger partial charge in [-0.15, -0.1) is 0 Å². The van der Waals surface area contributed by atoms with Gasteiger partial charge < -0.3 is 6.92 Å². The van der Waals surface area contributed by atoms with Crippen molar-refractivity contribution in [2.24, 2.45) is 0 Å².